The van der Waals surface area contributed by atoms with Gasteiger partial charge in [0.25, 0.3) is 0 Å². The molecule has 1 aromatic rings. The van der Waals surface area contributed by atoms with Gasteiger partial charge in [0.15, 0.2) is 14.0 Å². The van der Waals surface area contributed by atoms with Crippen LogP contribution in [0.15, 0.2) is 0 Å². The SMILES string of the molecule is CCOC(=O)c1c(C)nc(CO[Si](C)(C)C(C)(C)C)n1CC(F)(F)F. The normalized spacial score (nSPS) is 13.2. The average molecular weight is 380 g/mol. The Labute approximate surface area is 147 Å². The van der Waals surface area contributed by atoms with Crippen molar-refractivity contribution in [1.82, 2.24) is 9.55 Å². The van der Waals surface area contributed by atoms with Crippen LogP contribution in [-0.2, 0) is 22.3 Å². The Bertz CT molecular complexity index is 619. The quantitative estimate of drug-likeness (QED) is 0.540. The van der Waals surface area contributed by atoms with Crippen molar-refractivity contribution in [2.75, 3.05) is 6.61 Å². The number of esters is 1. The van der Waals surface area contributed by atoms with E-state index in [2.05, 4.69) is 4.98 Å². The van der Waals surface area contributed by atoms with Gasteiger partial charge in [-0.15, -0.1) is 0 Å². The molecule has 1 aromatic heterocycles. The lowest BCUT2D eigenvalue weighted by Crippen LogP contribution is -2.40. The van der Waals surface area contributed by atoms with Gasteiger partial charge in [0.05, 0.1) is 18.9 Å². The number of alkyl halides is 3. The van der Waals surface area contributed by atoms with Crippen LogP contribution in [0.25, 0.3) is 0 Å². The first-order chi connectivity index (χ1) is 11.2. The third kappa shape index (κ3) is 5.57. The number of ether oxygens (including phenoxy) is 1. The van der Waals surface area contributed by atoms with Gasteiger partial charge in [0, 0.05) is 0 Å². The Morgan fingerprint density at radius 1 is 1.24 bits per heavy atom. The van der Waals surface area contributed by atoms with Gasteiger partial charge < -0.3 is 13.7 Å². The summed E-state index contributed by atoms with van der Waals surface area (Å²) in [5.74, 6) is -0.724. The Kier molecular flexibility index (Phi) is 6.50. The molecule has 0 radical (unpaired) electrons. The number of imidazole rings is 1. The van der Waals surface area contributed by atoms with Crippen LogP contribution in [0, 0.1) is 6.92 Å². The molecule has 1 rings (SSSR count). The smallest absolute Gasteiger partial charge is 0.406 e. The van der Waals surface area contributed by atoms with Crippen molar-refractivity contribution >= 4 is 14.3 Å². The van der Waals surface area contributed by atoms with Gasteiger partial charge in [-0.2, -0.15) is 13.2 Å². The molecule has 144 valence electrons. The van der Waals surface area contributed by atoms with Crippen molar-refractivity contribution < 1.29 is 27.1 Å². The molecule has 5 nitrogen and oxygen atoms in total. The highest BCUT2D eigenvalue weighted by atomic mass is 28.4. The molecule has 0 saturated carbocycles. The van der Waals surface area contributed by atoms with Crippen molar-refractivity contribution in [2.45, 2.75) is 72.1 Å². The zero-order valence-corrected chi connectivity index (χ0v) is 16.9. The summed E-state index contributed by atoms with van der Waals surface area (Å²) in [5, 5.41) is -0.0898. The molecule has 0 saturated heterocycles. The number of nitrogens with zero attached hydrogens (tertiary/aromatic N) is 2. The fourth-order valence-corrected chi connectivity index (χ4v) is 2.93. The second-order valence-corrected chi connectivity index (χ2v) is 12.2. The lowest BCUT2D eigenvalue weighted by molar-refractivity contribution is -0.141. The molecule has 0 amide bonds. The molecule has 0 atom stereocenters. The zero-order valence-electron chi connectivity index (χ0n) is 15.9. The fourth-order valence-electron chi connectivity index (χ4n) is 2.01. The third-order valence-corrected chi connectivity index (χ3v) is 8.87. The maximum absolute atomic E-state index is 13.0. The minimum Gasteiger partial charge on any atom is -0.461 e. The van der Waals surface area contributed by atoms with Crippen molar-refractivity contribution in [3.8, 4) is 0 Å². The number of hydrogen-bond donors (Lipinski definition) is 0. The summed E-state index contributed by atoms with van der Waals surface area (Å²) in [5.41, 5.74) is 0.0320. The lowest BCUT2D eigenvalue weighted by atomic mass is 10.2. The Balaban J connectivity index is 3.22. The second-order valence-electron chi connectivity index (χ2n) is 7.43. The largest absolute Gasteiger partial charge is 0.461 e. The van der Waals surface area contributed by atoms with Crippen molar-refractivity contribution in [2.24, 2.45) is 0 Å². The highest BCUT2D eigenvalue weighted by Gasteiger charge is 2.38. The van der Waals surface area contributed by atoms with Gasteiger partial charge in [-0.3, -0.25) is 0 Å². The first-order valence-corrected chi connectivity index (χ1v) is 11.0. The molecular weight excluding hydrogens is 353 g/mol. The summed E-state index contributed by atoms with van der Waals surface area (Å²) in [7, 11) is -2.17. The van der Waals surface area contributed by atoms with E-state index in [1.165, 1.54) is 6.92 Å². The van der Waals surface area contributed by atoms with Crippen LogP contribution in [0.2, 0.25) is 18.1 Å². The molecule has 0 N–H and O–H groups in total. The van der Waals surface area contributed by atoms with Crippen molar-refractivity contribution in [3.05, 3.63) is 17.2 Å². The molecule has 1 heterocycles. The van der Waals surface area contributed by atoms with Crippen LogP contribution >= 0.6 is 0 Å². The predicted octanol–water partition coefficient (Wildman–Crippen LogP) is 4.45. The molecule has 0 spiro atoms. The van der Waals surface area contributed by atoms with Crippen LogP contribution in [-0.4, -0.2) is 36.6 Å². The molecule has 9 heteroatoms. The van der Waals surface area contributed by atoms with Gasteiger partial charge in [-0.1, -0.05) is 20.8 Å². The minimum atomic E-state index is -4.49. The Morgan fingerprint density at radius 3 is 2.24 bits per heavy atom. The van der Waals surface area contributed by atoms with Crippen LogP contribution in [0.4, 0.5) is 13.2 Å². The van der Waals surface area contributed by atoms with Gasteiger partial charge in [-0.05, 0) is 32.0 Å². The number of carbonyl (C=O) groups is 1. The van der Waals surface area contributed by atoms with E-state index < -0.39 is 27.0 Å². The number of hydrogen-bond acceptors (Lipinski definition) is 4. The Morgan fingerprint density at radius 2 is 1.80 bits per heavy atom. The molecule has 0 aliphatic carbocycles. The lowest BCUT2D eigenvalue weighted by Gasteiger charge is -2.36. The molecule has 0 fully saturated rings. The monoisotopic (exact) mass is 380 g/mol. The highest BCUT2D eigenvalue weighted by molar-refractivity contribution is 6.74. The summed E-state index contributed by atoms with van der Waals surface area (Å²) >= 11 is 0. The molecule has 25 heavy (non-hydrogen) atoms. The minimum absolute atomic E-state index is 0.0747. The molecule has 0 unspecified atom stereocenters. The van der Waals surface area contributed by atoms with Gasteiger partial charge in [-0.25, -0.2) is 9.78 Å². The summed E-state index contributed by atoms with van der Waals surface area (Å²) in [4.78, 5) is 16.2. The fraction of sp³-hybridized carbons (Fsp3) is 0.750. The number of halogens is 3. The molecule has 0 bridgehead atoms. The third-order valence-electron chi connectivity index (χ3n) is 4.40. The van der Waals surface area contributed by atoms with Crippen LogP contribution < -0.4 is 0 Å². The molecule has 0 aromatic carbocycles. The maximum atomic E-state index is 13.0. The van der Waals surface area contributed by atoms with Crippen molar-refractivity contribution in [3.63, 3.8) is 0 Å². The molecular formula is C16H27F3N2O3Si. The number of aromatic nitrogens is 2. The first kappa shape index (κ1) is 21.7. The van der Waals surface area contributed by atoms with E-state index in [9.17, 15) is 18.0 Å². The van der Waals surface area contributed by atoms with Crippen LogP contribution in [0.1, 0.15) is 49.7 Å². The predicted molar refractivity (Wildman–Crippen MR) is 91.0 cm³/mol. The van der Waals surface area contributed by atoms with Gasteiger partial charge in [0.2, 0.25) is 0 Å². The summed E-state index contributed by atoms with van der Waals surface area (Å²) < 4.78 is 50.7. The summed E-state index contributed by atoms with van der Waals surface area (Å²) in [6.07, 6.45) is -4.49. The van der Waals surface area contributed by atoms with Crippen LogP contribution in [0.5, 0.6) is 0 Å². The van der Waals surface area contributed by atoms with E-state index in [0.29, 0.717) is 0 Å². The molecule has 0 aliphatic heterocycles. The summed E-state index contributed by atoms with van der Waals surface area (Å²) in [6, 6.07) is 0. The Hall–Kier alpha value is -1.35. The maximum Gasteiger partial charge on any atom is 0.406 e. The highest BCUT2D eigenvalue weighted by Crippen LogP contribution is 2.37. The van der Waals surface area contributed by atoms with E-state index in [0.717, 1.165) is 4.57 Å². The van der Waals surface area contributed by atoms with E-state index in [4.69, 9.17) is 9.16 Å². The molecule has 0 aliphatic rings. The van der Waals surface area contributed by atoms with Crippen molar-refractivity contribution in [1.29, 1.82) is 0 Å². The topological polar surface area (TPSA) is 53.4 Å². The second kappa shape index (κ2) is 7.49. The first-order valence-electron chi connectivity index (χ1n) is 8.13. The van der Waals surface area contributed by atoms with Gasteiger partial charge in [0.1, 0.15) is 12.4 Å². The standard InChI is InChI=1S/C16H27F3N2O3Si/c1-8-23-14(22)13-11(2)20-12(21(13)10-16(17,18)19)9-24-25(6,7)15(3,4)5/h8-10H2,1-7H3. The average Bonchev–Trinajstić information content (AvgIpc) is 2.69. The van der Waals surface area contributed by atoms with E-state index in [1.54, 1.807) is 6.92 Å². The van der Waals surface area contributed by atoms with E-state index in [1.807, 2.05) is 33.9 Å². The van der Waals surface area contributed by atoms with E-state index >= 15 is 0 Å². The summed E-state index contributed by atoms with van der Waals surface area (Å²) in [6.45, 7) is 11.9. The zero-order chi connectivity index (χ0) is 19.6. The van der Waals surface area contributed by atoms with E-state index in [-0.39, 0.29) is 35.5 Å². The van der Waals surface area contributed by atoms with Crippen LogP contribution in [0.3, 0.4) is 0 Å². The van der Waals surface area contributed by atoms with Gasteiger partial charge >= 0.3 is 12.1 Å². The number of aryl methyl sites for hydroxylation is 1. The number of carbonyl (C=O) groups excluding carboxylic acids is 1. The number of rotatable bonds is 6.